The Hall–Kier alpha value is -2.67. The highest BCUT2D eigenvalue weighted by atomic mass is 79.9. The van der Waals surface area contributed by atoms with Gasteiger partial charge in [0.15, 0.2) is 0 Å². The molecule has 136 valence electrons. The van der Waals surface area contributed by atoms with Crippen molar-refractivity contribution in [2.45, 2.75) is 13.8 Å². The molecule has 0 aliphatic rings. The van der Waals surface area contributed by atoms with Gasteiger partial charge in [-0.15, -0.1) is 0 Å². The third kappa shape index (κ3) is 5.16. The Morgan fingerprint density at radius 1 is 1.19 bits per heavy atom. The zero-order chi connectivity index (χ0) is 19.1. The van der Waals surface area contributed by atoms with Crippen molar-refractivity contribution in [3.63, 3.8) is 0 Å². The molecule has 2 aromatic carbocycles. The first-order chi connectivity index (χ1) is 12.4. The van der Waals surface area contributed by atoms with E-state index in [-0.39, 0.29) is 0 Å². The number of ether oxygens (including phenoxy) is 1. The van der Waals surface area contributed by atoms with Crippen molar-refractivity contribution in [2.24, 2.45) is 11.0 Å². The van der Waals surface area contributed by atoms with Crippen LogP contribution in [0, 0.1) is 12.8 Å². The summed E-state index contributed by atoms with van der Waals surface area (Å²) in [4.78, 5) is 24.3. The average Bonchev–Trinajstić information content (AvgIpc) is 2.64. The fraction of sp³-hybridized carbons (Fsp3) is 0.211. The fourth-order valence-corrected chi connectivity index (χ4v) is 2.49. The molecule has 0 fully saturated rings. The summed E-state index contributed by atoms with van der Waals surface area (Å²) >= 11 is 3.35. The van der Waals surface area contributed by atoms with E-state index < -0.39 is 17.7 Å². The van der Waals surface area contributed by atoms with Gasteiger partial charge in [0.2, 0.25) is 5.91 Å². The van der Waals surface area contributed by atoms with Gasteiger partial charge in [0.25, 0.3) is 5.91 Å². The minimum absolute atomic E-state index is 0.415. The predicted octanol–water partition coefficient (Wildman–Crippen LogP) is 3.49. The molecule has 6 nitrogen and oxygen atoms in total. The molecular formula is C19H20BrN3O3. The van der Waals surface area contributed by atoms with E-state index in [2.05, 4.69) is 31.8 Å². The summed E-state index contributed by atoms with van der Waals surface area (Å²) in [5.41, 5.74) is 4.77. The Labute approximate surface area is 160 Å². The number of methoxy groups -OCH3 is 1. The molecule has 0 saturated carbocycles. The largest absolute Gasteiger partial charge is 0.496 e. The first-order valence-corrected chi connectivity index (χ1v) is 8.74. The van der Waals surface area contributed by atoms with E-state index in [9.17, 15) is 9.59 Å². The molecule has 2 N–H and O–H groups in total. The van der Waals surface area contributed by atoms with Gasteiger partial charge in [-0.2, -0.15) is 5.10 Å². The van der Waals surface area contributed by atoms with Crippen LogP contribution in [-0.4, -0.2) is 25.1 Å². The molecule has 2 amide bonds. The van der Waals surface area contributed by atoms with Gasteiger partial charge >= 0.3 is 0 Å². The topological polar surface area (TPSA) is 79.8 Å². The molecule has 0 saturated heterocycles. The van der Waals surface area contributed by atoms with E-state index in [4.69, 9.17) is 4.74 Å². The lowest BCUT2D eigenvalue weighted by molar-refractivity contribution is -0.131. The second kappa shape index (κ2) is 9.15. The fourth-order valence-electron chi connectivity index (χ4n) is 2.11. The monoisotopic (exact) mass is 417 g/mol. The lowest BCUT2D eigenvalue weighted by Gasteiger charge is -2.11. The van der Waals surface area contributed by atoms with E-state index in [1.54, 1.807) is 25.3 Å². The summed E-state index contributed by atoms with van der Waals surface area (Å²) in [5, 5.41) is 6.61. The number of halogens is 1. The summed E-state index contributed by atoms with van der Waals surface area (Å²) < 4.78 is 5.99. The van der Waals surface area contributed by atoms with Crippen LogP contribution in [0.15, 0.2) is 52.0 Å². The van der Waals surface area contributed by atoms with Crippen LogP contribution in [0.3, 0.4) is 0 Å². The third-order valence-corrected chi connectivity index (χ3v) is 4.43. The van der Waals surface area contributed by atoms with Gasteiger partial charge in [0.1, 0.15) is 11.7 Å². The van der Waals surface area contributed by atoms with E-state index in [0.717, 1.165) is 21.3 Å². The van der Waals surface area contributed by atoms with Crippen LogP contribution in [-0.2, 0) is 9.59 Å². The first kappa shape index (κ1) is 19.7. The van der Waals surface area contributed by atoms with Crippen LogP contribution in [0.25, 0.3) is 0 Å². The van der Waals surface area contributed by atoms with Crippen molar-refractivity contribution in [1.29, 1.82) is 0 Å². The van der Waals surface area contributed by atoms with Crippen LogP contribution < -0.4 is 15.5 Å². The maximum atomic E-state index is 12.2. The van der Waals surface area contributed by atoms with E-state index in [1.165, 1.54) is 13.1 Å². The van der Waals surface area contributed by atoms with E-state index >= 15 is 0 Å². The SMILES string of the molecule is COc1cc(C=NNC(=O)C(C)C(=O)Nc2ccccc2Br)ccc1C. The third-order valence-electron chi connectivity index (χ3n) is 3.74. The summed E-state index contributed by atoms with van der Waals surface area (Å²) in [5.74, 6) is -1.07. The van der Waals surface area contributed by atoms with Gasteiger partial charge < -0.3 is 10.1 Å². The Balaban J connectivity index is 1.94. The zero-order valence-corrected chi connectivity index (χ0v) is 16.3. The van der Waals surface area contributed by atoms with Gasteiger partial charge in [0.05, 0.1) is 19.0 Å². The van der Waals surface area contributed by atoms with Gasteiger partial charge in [-0.05, 0) is 59.1 Å². The van der Waals surface area contributed by atoms with E-state index in [1.807, 2.05) is 31.2 Å². The van der Waals surface area contributed by atoms with Gasteiger partial charge in [0, 0.05) is 4.47 Å². The molecule has 0 aliphatic carbocycles. The smallest absolute Gasteiger partial charge is 0.252 e. The second-order valence-corrected chi connectivity index (χ2v) is 6.51. The van der Waals surface area contributed by atoms with Crippen LogP contribution in [0.2, 0.25) is 0 Å². The number of benzene rings is 2. The Morgan fingerprint density at radius 3 is 2.62 bits per heavy atom. The van der Waals surface area contributed by atoms with Gasteiger partial charge in [-0.3, -0.25) is 9.59 Å². The summed E-state index contributed by atoms with van der Waals surface area (Å²) in [7, 11) is 1.59. The number of hydrogen-bond donors (Lipinski definition) is 2. The molecule has 0 bridgehead atoms. The zero-order valence-electron chi connectivity index (χ0n) is 14.7. The minimum Gasteiger partial charge on any atom is -0.496 e. The van der Waals surface area contributed by atoms with Crippen LogP contribution in [0.4, 0.5) is 5.69 Å². The molecule has 0 aromatic heterocycles. The van der Waals surface area contributed by atoms with Crippen molar-refractivity contribution >= 4 is 39.6 Å². The Morgan fingerprint density at radius 2 is 1.92 bits per heavy atom. The summed E-state index contributed by atoms with van der Waals surface area (Å²) in [6.45, 7) is 3.46. The lowest BCUT2D eigenvalue weighted by atomic mass is 10.1. The average molecular weight is 418 g/mol. The number of hydrazone groups is 1. The number of carbonyl (C=O) groups is 2. The highest BCUT2D eigenvalue weighted by Crippen LogP contribution is 2.21. The highest BCUT2D eigenvalue weighted by molar-refractivity contribution is 9.10. The number of aryl methyl sites for hydroxylation is 1. The molecule has 0 radical (unpaired) electrons. The number of anilines is 1. The summed E-state index contributed by atoms with van der Waals surface area (Å²) in [6.07, 6.45) is 1.50. The number of para-hydroxylation sites is 1. The normalized spacial score (nSPS) is 11.8. The molecule has 2 aromatic rings. The maximum absolute atomic E-state index is 12.2. The van der Waals surface area contributed by atoms with Crippen LogP contribution >= 0.6 is 15.9 Å². The van der Waals surface area contributed by atoms with Crippen LogP contribution in [0.1, 0.15) is 18.1 Å². The quantitative estimate of drug-likeness (QED) is 0.428. The molecule has 1 atom stereocenters. The second-order valence-electron chi connectivity index (χ2n) is 5.65. The first-order valence-electron chi connectivity index (χ1n) is 7.95. The van der Waals surface area contributed by atoms with E-state index in [0.29, 0.717) is 5.69 Å². The summed E-state index contributed by atoms with van der Waals surface area (Å²) in [6, 6.07) is 12.8. The number of rotatable bonds is 6. The molecule has 1 unspecified atom stereocenters. The Kier molecular flexibility index (Phi) is 6.91. The molecule has 26 heavy (non-hydrogen) atoms. The number of nitrogens with zero attached hydrogens (tertiary/aromatic N) is 1. The maximum Gasteiger partial charge on any atom is 0.252 e. The lowest BCUT2D eigenvalue weighted by Crippen LogP contribution is -2.34. The molecule has 2 rings (SSSR count). The minimum atomic E-state index is -0.896. The molecule has 7 heteroatoms. The number of amides is 2. The molecule has 0 aliphatic heterocycles. The van der Waals surface area contributed by atoms with Gasteiger partial charge in [-0.1, -0.05) is 24.3 Å². The number of hydrogen-bond acceptors (Lipinski definition) is 4. The van der Waals surface area contributed by atoms with Crippen molar-refractivity contribution in [1.82, 2.24) is 5.43 Å². The molecule has 0 heterocycles. The standard InChI is InChI=1S/C19H20BrN3O3/c1-12-8-9-14(10-17(12)26-3)11-21-23-19(25)13(2)18(24)22-16-7-5-4-6-15(16)20/h4-11,13H,1-3H3,(H,22,24)(H,23,25). The van der Waals surface area contributed by atoms with Crippen molar-refractivity contribution < 1.29 is 14.3 Å². The van der Waals surface area contributed by atoms with Crippen molar-refractivity contribution in [3.8, 4) is 5.75 Å². The Bertz CT molecular complexity index is 837. The van der Waals surface area contributed by atoms with Gasteiger partial charge in [-0.25, -0.2) is 5.43 Å². The molecular weight excluding hydrogens is 398 g/mol. The predicted molar refractivity (Wildman–Crippen MR) is 105 cm³/mol. The highest BCUT2D eigenvalue weighted by Gasteiger charge is 2.21. The molecule has 0 spiro atoms. The number of carbonyl (C=O) groups excluding carboxylic acids is 2. The van der Waals surface area contributed by atoms with Crippen molar-refractivity contribution in [3.05, 3.63) is 58.1 Å². The van der Waals surface area contributed by atoms with Crippen molar-refractivity contribution in [2.75, 3.05) is 12.4 Å². The van der Waals surface area contributed by atoms with Crippen LogP contribution in [0.5, 0.6) is 5.75 Å². The number of nitrogens with one attached hydrogen (secondary N) is 2.